The number of anilines is 1. The third kappa shape index (κ3) is 3.61. The van der Waals surface area contributed by atoms with Gasteiger partial charge in [-0.05, 0) is 17.5 Å². The first-order valence-corrected chi connectivity index (χ1v) is 7.44. The van der Waals surface area contributed by atoms with Gasteiger partial charge in [-0.15, -0.1) is 0 Å². The van der Waals surface area contributed by atoms with Crippen LogP contribution < -0.4 is 11.1 Å². The van der Waals surface area contributed by atoms with Crippen LogP contribution in [-0.4, -0.2) is 29.3 Å². The lowest BCUT2D eigenvalue weighted by atomic mass is 9.96. The molecule has 0 aliphatic carbocycles. The van der Waals surface area contributed by atoms with Crippen LogP contribution in [0.1, 0.15) is 32.3 Å². The Labute approximate surface area is 125 Å². The van der Waals surface area contributed by atoms with Crippen molar-refractivity contribution >= 4 is 17.5 Å². The molecule has 2 amide bonds. The topological polar surface area (TPSA) is 75.4 Å². The Morgan fingerprint density at radius 1 is 1.48 bits per heavy atom. The van der Waals surface area contributed by atoms with Crippen LogP contribution in [0.15, 0.2) is 24.3 Å². The monoisotopic (exact) mass is 289 g/mol. The summed E-state index contributed by atoms with van der Waals surface area (Å²) in [6, 6.07) is 7.56. The largest absolute Gasteiger partial charge is 0.370 e. The van der Waals surface area contributed by atoms with Crippen molar-refractivity contribution in [3.63, 3.8) is 0 Å². The summed E-state index contributed by atoms with van der Waals surface area (Å²) >= 11 is 0. The Balaban J connectivity index is 2.30. The summed E-state index contributed by atoms with van der Waals surface area (Å²) in [4.78, 5) is 25.7. The lowest BCUT2D eigenvalue weighted by Gasteiger charge is -2.32. The zero-order chi connectivity index (χ0) is 15.4. The van der Waals surface area contributed by atoms with Crippen molar-refractivity contribution in [2.75, 3.05) is 11.9 Å². The molecule has 2 atom stereocenters. The maximum Gasteiger partial charge on any atom is 0.242 e. The Kier molecular flexibility index (Phi) is 4.96. The number of carbonyl (C=O) groups excluding carboxylic acids is 2. The third-order valence-corrected chi connectivity index (χ3v) is 4.14. The fraction of sp³-hybridized carbons (Fsp3) is 0.500. The van der Waals surface area contributed by atoms with E-state index in [1.807, 2.05) is 24.3 Å². The average Bonchev–Trinajstić information content (AvgIpc) is 2.59. The van der Waals surface area contributed by atoms with Crippen LogP contribution in [0.25, 0.3) is 0 Å². The van der Waals surface area contributed by atoms with E-state index < -0.39 is 0 Å². The van der Waals surface area contributed by atoms with Crippen LogP contribution in [0, 0.1) is 5.92 Å². The van der Waals surface area contributed by atoms with Crippen molar-refractivity contribution in [2.45, 2.75) is 39.3 Å². The van der Waals surface area contributed by atoms with Crippen molar-refractivity contribution in [3.05, 3.63) is 29.8 Å². The Hall–Kier alpha value is -1.88. The molecule has 21 heavy (non-hydrogen) atoms. The lowest BCUT2D eigenvalue weighted by Crippen LogP contribution is -2.47. The SMILES string of the molecule is CC[C@H](C)[C@H]1C(=O)Nc2ccccc2CN1CCC(N)=O. The summed E-state index contributed by atoms with van der Waals surface area (Å²) in [5, 5.41) is 3.01. The van der Waals surface area contributed by atoms with E-state index in [0.717, 1.165) is 17.7 Å². The molecule has 1 aliphatic rings. The summed E-state index contributed by atoms with van der Waals surface area (Å²) in [5.74, 6) is -0.123. The van der Waals surface area contributed by atoms with Crippen LogP contribution in [0.4, 0.5) is 5.69 Å². The molecule has 1 aromatic rings. The van der Waals surface area contributed by atoms with Crippen molar-refractivity contribution < 1.29 is 9.59 Å². The van der Waals surface area contributed by atoms with Crippen LogP contribution in [-0.2, 0) is 16.1 Å². The first kappa shape index (κ1) is 15.5. The van der Waals surface area contributed by atoms with E-state index in [9.17, 15) is 9.59 Å². The van der Waals surface area contributed by atoms with E-state index in [2.05, 4.69) is 24.1 Å². The van der Waals surface area contributed by atoms with Gasteiger partial charge in [0, 0.05) is 25.2 Å². The smallest absolute Gasteiger partial charge is 0.242 e. The average molecular weight is 289 g/mol. The molecule has 0 spiro atoms. The van der Waals surface area contributed by atoms with Gasteiger partial charge in [-0.2, -0.15) is 0 Å². The molecule has 1 heterocycles. The summed E-state index contributed by atoms with van der Waals surface area (Å²) in [6.45, 7) is 5.29. The fourth-order valence-electron chi connectivity index (χ4n) is 2.78. The second-order valence-corrected chi connectivity index (χ2v) is 5.66. The van der Waals surface area contributed by atoms with Crippen molar-refractivity contribution in [1.82, 2.24) is 4.90 Å². The summed E-state index contributed by atoms with van der Waals surface area (Å²) in [7, 11) is 0. The van der Waals surface area contributed by atoms with Crippen LogP contribution >= 0.6 is 0 Å². The van der Waals surface area contributed by atoms with E-state index in [1.54, 1.807) is 0 Å². The van der Waals surface area contributed by atoms with Crippen molar-refractivity contribution in [3.8, 4) is 0 Å². The van der Waals surface area contributed by atoms with Gasteiger partial charge in [0.2, 0.25) is 11.8 Å². The first-order valence-electron chi connectivity index (χ1n) is 7.44. The maximum absolute atomic E-state index is 12.6. The normalized spacial score (nSPS) is 20.3. The Bertz CT molecular complexity index is 530. The number of nitrogens with zero attached hydrogens (tertiary/aromatic N) is 1. The van der Waals surface area contributed by atoms with Gasteiger partial charge in [-0.25, -0.2) is 0 Å². The molecule has 5 nitrogen and oxygen atoms in total. The van der Waals surface area contributed by atoms with E-state index in [-0.39, 0.29) is 30.2 Å². The number of amides is 2. The van der Waals surface area contributed by atoms with Crippen LogP contribution in [0.3, 0.4) is 0 Å². The molecule has 5 heteroatoms. The van der Waals surface area contributed by atoms with Gasteiger partial charge in [-0.3, -0.25) is 14.5 Å². The van der Waals surface area contributed by atoms with Crippen LogP contribution in [0.2, 0.25) is 0 Å². The van der Waals surface area contributed by atoms with Gasteiger partial charge < -0.3 is 11.1 Å². The molecule has 0 unspecified atom stereocenters. The van der Waals surface area contributed by atoms with Crippen LogP contribution in [0.5, 0.6) is 0 Å². The van der Waals surface area contributed by atoms with Gasteiger partial charge in [0.15, 0.2) is 0 Å². The van der Waals surface area contributed by atoms with Crippen molar-refractivity contribution in [2.24, 2.45) is 11.7 Å². The minimum Gasteiger partial charge on any atom is -0.370 e. The van der Waals surface area contributed by atoms with Gasteiger partial charge in [-0.1, -0.05) is 38.5 Å². The third-order valence-electron chi connectivity index (χ3n) is 4.14. The minimum atomic E-state index is -0.337. The second-order valence-electron chi connectivity index (χ2n) is 5.66. The summed E-state index contributed by atoms with van der Waals surface area (Å²) in [5.41, 5.74) is 7.20. The number of benzene rings is 1. The van der Waals surface area contributed by atoms with Gasteiger partial charge in [0.1, 0.15) is 0 Å². The highest BCUT2D eigenvalue weighted by Gasteiger charge is 2.33. The Morgan fingerprint density at radius 3 is 2.86 bits per heavy atom. The highest BCUT2D eigenvalue weighted by atomic mass is 16.2. The molecular formula is C16H23N3O2. The molecule has 114 valence electrons. The zero-order valence-electron chi connectivity index (χ0n) is 12.6. The van der Waals surface area contributed by atoms with Crippen molar-refractivity contribution in [1.29, 1.82) is 0 Å². The molecular weight excluding hydrogens is 266 g/mol. The Morgan fingerprint density at radius 2 is 2.19 bits per heavy atom. The molecule has 1 aliphatic heterocycles. The van der Waals surface area contributed by atoms with Gasteiger partial charge >= 0.3 is 0 Å². The number of nitrogens with one attached hydrogen (secondary N) is 1. The molecule has 1 aromatic carbocycles. The molecule has 2 rings (SSSR count). The minimum absolute atomic E-state index is 0.00114. The highest BCUT2D eigenvalue weighted by Crippen LogP contribution is 2.27. The fourth-order valence-corrected chi connectivity index (χ4v) is 2.78. The quantitative estimate of drug-likeness (QED) is 0.867. The first-order chi connectivity index (χ1) is 10.0. The molecule has 0 saturated carbocycles. The number of hydrogen-bond acceptors (Lipinski definition) is 3. The molecule has 3 N–H and O–H groups in total. The number of nitrogens with two attached hydrogens (primary N) is 1. The summed E-state index contributed by atoms with van der Waals surface area (Å²) in [6.07, 6.45) is 1.17. The van der Waals surface area contributed by atoms with Gasteiger partial charge in [0.25, 0.3) is 0 Å². The van der Waals surface area contributed by atoms with E-state index >= 15 is 0 Å². The predicted octanol–water partition coefficient (Wildman–Crippen LogP) is 1.73. The number of hydrogen-bond donors (Lipinski definition) is 2. The number of fused-ring (bicyclic) bond motifs is 1. The molecule has 0 fully saturated rings. The predicted molar refractivity (Wildman–Crippen MR) is 82.5 cm³/mol. The maximum atomic E-state index is 12.6. The number of primary amides is 1. The molecule has 0 saturated heterocycles. The summed E-state index contributed by atoms with van der Waals surface area (Å²) < 4.78 is 0. The second kappa shape index (κ2) is 6.72. The molecule has 0 radical (unpaired) electrons. The standard InChI is InChI=1S/C16H23N3O2/c1-3-11(2)15-16(21)18-13-7-5-4-6-12(13)10-19(15)9-8-14(17)20/h4-7,11,15H,3,8-10H2,1-2H3,(H2,17,20)(H,18,21)/t11-,15-/m0/s1. The van der Waals surface area contributed by atoms with E-state index in [1.165, 1.54) is 0 Å². The molecule has 0 bridgehead atoms. The number of rotatable bonds is 5. The van der Waals surface area contributed by atoms with E-state index in [0.29, 0.717) is 13.1 Å². The van der Waals surface area contributed by atoms with Gasteiger partial charge in [0.05, 0.1) is 6.04 Å². The van der Waals surface area contributed by atoms with E-state index in [4.69, 9.17) is 5.73 Å². The molecule has 0 aromatic heterocycles. The number of para-hydroxylation sites is 1. The highest BCUT2D eigenvalue weighted by molar-refractivity contribution is 5.96. The zero-order valence-corrected chi connectivity index (χ0v) is 12.6. The lowest BCUT2D eigenvalue weighted by molar-refractivity contribution is -0.124. The number of carbonyl (C=O) groups is 2.